The number of hydrogen-bond donors (Lipinski definition) is 1. The molecule has 1 amide bonds. The van der Waals surface area contributed by atoms with Crippen molar-refractivity contribution >= 4 is 30.1 Å². The molecular weight excluding hydrogens is 244 g/mol. The van der Waals surface area contributed by atoms with Crippen molar-refractivity contribution in [2.24, 2.45) is 11.7 Å². The van der Waals surface area contributed by atoms with Crippen molar-refractivity contribution in [3.63, 3.8) is 0 Å². The third-order valence-electron chi connectivity index (χ3n) is 3.49. The van der Waals surface area contributed by atoms with Crippen LogP contribution in [0.4, 0.5) is 0 Å². The Kier molecular flexibility index (Phi) is 5.41. The molecule has 2 aliphatic rings. The molecule has 2 N–H and O–H groups in total. The van der Waals surface area contributed by atoms with Gasteiger partial charge in [0.1, 0.15) is 0 Å². The summed E-state index contributed by atoms with van der Waals surface area (Å²) < 4.78 is 0. The van der Waals surface area contributed by atoms with E-state index < -0.39 is 0 Å². The molecule has 0 aliphatic carbocycles. The van der Waals surface area contributed by atoms with E-state index in [-0.39, 0.29) is 23.7 Å². The van der Waals surface area contributed by atoms with Crippen LogP contribution in [0.3, 0.4) is 0 Å². The molecule has 2 saturated heterocycles. The van der Waals surface area contributed by atoms with Gasteiger partial charge in [0, 0.05) is 19.1 Å². The van der Waals surface area contributed by atoms with Gasteiger partial charge in [-0.3, -0.25) is 4.79 Å². The zero-order chi connectivity index (χ0) is 10.8. The minimum Gasteiger partial charge on any atom is -0.341 e. The van der Waals surface area contributed by atoms with E-state index in [1.54, 1.807) is 0 Å². The molecule has 0 bridgehead atoms. The quantitative estimate of drug-likeness (QED) is 0.781. The molecule has 16 heavy (non-hydrogen) atoms. The number of nitrogens with two attached hydrogens (primary N) is 1. The maximum atomic E-state index is 12.1. The molecule has 0 saturated carbocycles. The lowest BCUT2D eigenvalue weighted by Crippen LogP contribution is -2.50. The Morgan fingerprint density at radius 2 is 2.19 bits per heavy atom. The molecule has 0 aromatic heterocycles. The van der Waals surface area contributed by atoms with E-state index in [0.29, 0.717) is 11.8 Å². The van der Waals surface area contributed by atoms with Crippen LogP contribution in [-0.2, 0) is 4.79 Å². The average Bonchev–Trinajstić information content (AvgIpc) is 2.74. The second-order valence-corrected chi connectivity index (χ2v) is 6.03. The minimum absolute atomic E-state index is 0. The number of nitrogens with zero attached hydrogens (tertiary/aromatic N) is 1. The smallest absolute Gasteiger partial charge is 0.235 e. The Balaban J connectivity index is 0.00000128. The maximum Gasteiger partial charge on any atom is 0.235 e. The number of rotatable bonds is 1. The van der Waals surface area contributed by atoms with E-state index in [1.807, 2.05) is 16.7 Å². The first kappa shape index (κ1) is 14.1. The molecule has 2 aliphatic heterocycles. The second-order valence-electron chi connectivity index (χ2n) is 4.72. The van der Waals surface area contributed by atoms with Crippen molar-refractivity contribution in [1.82, 2.24) is 4.90 Å². The first-order valence-electron chi connectivity index (χ1n) is 5.84. The third-order valence-corrected chi connectivity index (χ3v) is 4.85. The Hall–Kier alpha value is 0.0700. The average molecular weight is 265 g/mol. The molecule has 0 aromatic rings. The Morgan fingerprint density at radius 1 is 1.44 bits per heavy atom. The zero-order valence-electron chi connectivity index (χ0n) is 9.72. The normalized spacial score (nSPS) is 34.6. The van der Waals surface area contributed by atoms with Crippen LogP contribution < -0.4 is 5.73 Å². The SMILES string of the molecule is CC1CN(C(=O)C2CCCS2)CCC1N.Cl. The lowest BCUT2D eigenvalue weighted by Gasteiger charge is -2.36. The zero-order valence-corrected chi connectivity index (χ0v) is 11.4. The van der Waals surface area contributed by atoms with Crippen LogP contribution >= 0.6 is 24.2 Å². The number of amides is 1. The first-order chi connectivity index (χ1) is 7.18. The molecular formula is C11H21ClN2OS. The lowest BCUT2D eigenvalue weighted by atomic mass is 9.94. The van der Waals surface area contributed by atoms with E-state index in [2.05, 4.69) is 6.92 Å². The third kappa shape index (κ3) is 3.05. The van der Waals surface area contributed by atoms with Gasteiger partial charge in [-0.1, -0.05) is 6.92 Å². The first-order valence-corrected chi connectivity index (χ1v) is 6.89. The van der Waals surface area contributed by atoms with Crippen molar-refractivity contribution in [3.8, 4) is 0 Å². The summed E-state index contributed by atoms with van der Waals surface area (Å²) in [6.45, 7) is 3.87. The predicted molar refractivity (Wildman–Crippen MR) is 71.1 cm³/mol. The Labute approximate surface area is 108 Å². The van der Waals surface area contributed by atoms with Gasteiger partial charge in [-0.05, 0) is 30.9 Å². The van der Waals surface area contributed by atoms with E-state index in [4.69, 9.17) is 5.73 Å². The number of carbonyl (C=O) groups excluding carboxylic acids is 1. The van der Waals surface area contributed by atoms with Gasteiger partial charge in [-0.15, -0.1) is 24.2 Å². The highest BCUT2D eigenvalue weighted by Crippen LogP contribution is 2.29. The number of carbonyl (C=O) groups is 1. The molecule has 0 radical (unpaired) electrons. The van der Waals surface area contributed by atoms with Crippen LogP contribution in [0.25, 0.3) is 0 Å². The standard InChI is InChI=1S/C11H20N2OS.ClH/c1-8-7-13(5-4-9(8)12)11(14)10-3-2-6-15-10;/h8-10H,2-7,12H2,1H3;1H. The largest absolute Gasteiger partial charge is 0.341 e. The molecule has 2 fully saturated rings. The van der Waals surface area contributed by atoms with E-state index in [0.717, 1.165) is 31.7 Å². The number of piperidine rings is 1. The van der Waals surface area contributed by atoms with Gasteiger partial charge in [0.25, 0.3) is 0 Å². The molecule has 2 rings (SSSR count). The highest BCUT2D eigenvalue weighted by Gasteiger charge is 2.32. The summed E-state index contributed by atoms with van der Waals surface area (Å²) in [5.41, 5.74) is 5.95. The number of halogens is 1. The molecule has 5 heteroatoms. The molecule has 0 spiro atoms. The highest BCUT2D eigenvalue weighted by molar-refractivity contribution is 8.00. The van der Waals surface area contributed by atoms with Crippen molar-refractivity contribution in [1.29, 1.82) is 0 Å². The summed E-state index contributed by atoms with van der Waals surface area (Å²) in [7, 11) is 0. The summed E-state index contributed by atoms with van der Waals surface area (Å²) >= 11 is 1.82. The van der Waals surface area contributed by atoms with Gasteiger partial charge < -0.3 is 10.6 Å². The van der Waals surface area contributed by atoms with Crippen molar-refractivity contribution < 1.29 is 4.79 Å². The molecule has 3 nitrogen and oxygen atoms in total. The number of thioether (sulfide) groups is 1. The van der Waals surface area contributed by atoms with Crippen LogP contribution in [0.15, 0.2) is 0 Å². The number of likely N-dealkylation sites (tertiary alicyclic amines) is 1. The summed E-state index contributed by atoms with van der Waals surface area (Å²) in [5.74, 6) is 1.96. The fourth-order valence-electron chi connectivity index (χ4n) is 2.34. The van der Waals surface area contributed by atoms with Gasteiger partial charge >= 0.3 is 0 Å². The van der Waals surface area contributed by atoms with Crippen LogP contribution in [0.5, 0.6) is 0 Å². The topological polar surface area (TPSA) is 46.3 Å². The Bertz CT molecular complexity index is 246. The van der Waals surface area contributed by atoms with E-state index in [1.165, 1.54) is 6.42 Å². The van der Waals surface area contributed by atoms with Crippen molar-refractivity contribution in [2.75, 3.05) is 18.8 Å². The summed E-state index contributed by atoms with van der Waals surface area (Å²) in [4.78, 5) is 14.1. The monoisotopic (exact) mass is 264 g/mol. The fraction of sp³-hybridized carbons (Fsp3) is 0.909. The minimum atomic E-state index is 0. The van der Waals surface area contributed by atoms with Crippen molar-refractivity contribution in [3.05, 3.63) is 0 Å². The summed E-state index contributed by atoms with van der Waals surface area (Å²) in [6.07, 6.45) is 3.23. The van der Waals surface area contributed by atoms with Gasteiger partial charge in [-0.2, -0.15) is 0 Å². The molecule has 3 atom stereocenters. The van der Waals surface area contributed by atoms with Gasteiger partial charge in [0.05, 0.1) is 5.25 Å². The molecule has 94 valence electrons. The lowest BCUT2D eigenvalue weighted by molar-refractivity contribution is -0.132. The van der Waals surface area contributed by atoms with Crippen molar-refractivity contribution in [2.45, 2.75) is 37.5 Å². The highest BCUT2D eigenvalue weighted by atomic mass is 35.5. The summed E-state index contributed by atoms with van der Waals surface area (Å²) in [6, 6.07) is 0.283. The second kappa shape index (κ2) is 6.12. The molecule has 3 unspecified atom stereocenters. The summed E-state index contributed by atoms with van der Waals surface area (Å²) in [5, 5.41) is 0.242. The number of hydrogen-bond acceptors (Lipinski definition) is 3. The van der Waals surface area contributed by atoms with E-state index >= 15 is 0 Å². The fourth-order valence-corrected chi connectivity index (χ4v) is 3.58. The van der Waals surface area contributed by atoms with Crippen LogP contribution in [-0.4, -0.2) is 40.9 Å². The van der Waals surface area contributed by atoms with Gasteiger partial charge in [0.2, 0.25) is 5.91 Å². The van der Waals surface area contributed by atoms with E-state index in [9.17, 15) is 4.79 Å². The maximum absolute atomic E-state index is 12.1. The van der Waals surface area contributed by atoms with Gasteiger partial charge in [-0.25, -0.2) is 0 Å². The predicted octanol–water partition coefficient (Wildman–Crippen LogP) is 1.50. The Morgan fingerprint density at radius 3 is 2.75 bits per heavy atom. The molecule has 2 heterocycles. The van der Waals surface area contributed by atoms with Crippen LogP contribution in [0.1, 0.15) is 26.2 Å². The molecule has 0 aromatic carbocycles. The van der Waals surface area contributed by atoms with Gasteiger partial charge in [0.15, 0.2) is 0 Å². The van der Waals surface area contributed by atoms with Crippen LogP contribution in [0.2, 0.25) is 0 Å². The van der Waals surface area contributed by atoms with Crippen LogP contribution in [0, 0.1) is 5.92 Å².